The number of carbonyl (C=O) groups is 1. The number of ether oxygens (including phenoxy) is 1. The lowest BCUT2D eigenvalue weighted by Gasteiger charge is -2.32. The molecule has 30 heavy (non-hydrogen) atoms. The molecule has 0 aliphatic carbocycles. The van der Waals surface area contributed by atoms with Crippen LogP contribution in [0.4, 0.5) is 0 Å². The van der Waals surface area contributed by atoms with Crippen LogP contribution in [-0.2, 0) is 14.8 Å². The molecule has 0 aromatic heterocycles. The van der Waals surface area contributed by atoms with Crippen LogP contribution in [-0.4, -0.2) is 38.8 Å². The average molecular weight is 451 g/mol. The van der Waals surface area contributed by atoms with Gasteiger partial charge in [0.15, 0.2) is 0 Å². The molecule has 0 spiro atoms. The Morgan fingerprint density at radius 1 is 1.23 bits per heavy atom. The van der Waals surface area contributed by atoms with Gasteiger partial charge in [-0.15, -0.1) is 0 Å². The van der Waals surface area contributed by atoms with Crippen LogP contribution < -0.4 is 10.1 Å². The quantitative estimate of drug-likeness (QED) is 0.723. The van der Waals surface area contributed by atoms with Crippen molar-refractivity contribution >= 4 is 27.5 Å². The molecule has 2 aromatic rings. The Kier molecular flexibility index (Phi) is 7.06. The summed E-state index contributed by atoms with van der Waals surface area (Å²) in [7, 11) is -2.31. The number of nitrogens with zero attached hydrogens (tertiary/aromatic N) is 1. The second kappa shape index (κ2) is 9.37. The molecule has 3 rings (SSSR count). The second-order valence-corrected chi connectivity index (χ2v) is 9.98. The molecule has 0 radical (unpaired) electrons. The third-order valence-corrected chi connectivity index (χ3v) is 7.56. The SMILES string of the molecule is COc1ccc(C)cc1S(=O)(=O)N1CCC[C@@H](C(=O)N[C@@H](C)c2ccc(Cl)cc2)C1. The highest BCUT2D eigenvalue weighted by atomic mass is 35.5. The van der Waals surface area contributed by atoms with Crippen LogP contribution in [0.5, 0.6) is 5.75 Å². The van der Waals surface area contributed by atoms with Crippen LogP contribution in [0.15, 0.2) is 47.4 Å². The highest BCUT2D eigenvalue weighted by Crippen LogP contribution is 2.31. The summed E-state index contributed by atoms with van der Waals surface area (Å²) in [6, 6.07) is 12.2. The molecule has 6 nitrogen and oxygen atoms in total. The molecule has 2 atom stereocenters. The van der Waals surface area contributed by atoms with Crippen molar-refractivity contribution < 1.29 is 17.9 Å². The summed E-state index contributed by atoms with van der Waals surface area (Å²) in [5.74, 6) is -0.240. The van der Waals surface area contributed by atoms with Gasteiger partial charge in [0.1, 0.15) is 10.6 Å². The Labute approximate surface area is 183 Å². The number of carbonyl (C=O) groups excluding carboxylic acids is 1. The number of methoxy groups -OCH3 is 1. The van der Waals surface area contributed by atoms with Crippen LogP contribution in [0, 0.1) is 12.8 Å². The zero-order valence-electron chi connectivity index (χ0n) is 17.4. The van der Waals surface area contributed by atoms with Crippen molar-refractivity contribution in [2.75, 3.05) is 20.2 Å². The highest BCUT2D eigenvalue weighted by Gasteiger charge is 2.35. The first-order valence-corrected chi connectivity index (χ1v) is 11.7. The van der Waals surface area contributed by atoms with Crippen molar-refractivity contribution in [3.8, 4) is 5.75 Å². The minimum absolute atomic E-state index is 0.139. The van der Waals surface area contributed by atoms with Gasteiger partial charge in [0.2, 0.25) is 15.9 Å². The molecule has 2 aromatic carbocycles. The second-order valence-electron chi connectivity index (χ2n) is 7.64. The normalized spacial score (nSPS) is 18.6. The molecule has 1 fully saturated rings. The summed E-state index contributed by atoms with van der Waals surface area (Å²) in [4.78, 5) is 13.0. The predicted molar refractivity (Wildman–Crippen MR) is 117 cm³/mol. The van der Waals surface area contributed by atoms with Crippen LogP contribution in [0.2, 0.25) is 5.02 Å². The fourth-order valence-corrected chi connectivity index (χ4v) is 5.56. The number of nitrogens with one attached hydrogen (secondary N) is 1. The van der Waals surface area contributed by atoms with E-state index in [1.165, 1.54) is 11.4 Å². The van der Waals surface area contributed by atoms with Crippen molar-refractivity contribution in [2.24, 2.45) is 5.92 Å². The summed E-state index contributed by atoms with van der Waals surface area (Å²) < 4.78 is 33.2. The molecule has 8 heteroatoms. The van der Waals surface area contributed by atoms with Gasteiger partial charge >= 0.3 is 0 Å². The molecule has 1 aliphatic heterocycles. The summed E-state index contributed by atoms with van der Waals surface area (Å²) >= 11 is 5.93. The Bertz CT molecular complexity index is 1010. The van der Waals surface area contributed by atoms with E-state index in [9.17, 15) is 13.2 Å². The van der Waals surface area contributed by atoms with Gasteiger partial charge in [-0.25, -0.2) is 8.42 Å². The predicted octanol–water partition coefficient (Wildman–Crippen LogP) is 3.94. The maximum absolute atomic E-state index is 13.3. The van der Waals surface area contributed by atoms with E-state index in [1.54, 1.807) is 24.3 Å². The van der Waals surface area contributed by atoms with Gasteiger partial charge in [-0.2, -0.15) is 4.31 Å². The van der Waals surface area contributed by atoms with Crippen LogP contribution in [0.1, 0.15) is 36.9 Å². The van der Waals surface area contributed by atoms with E-state index >= 15 is 0 Å². The molecule has 0 unspecified atom stereocenters. The third-order valence-electron chi connectivity index (χ3n) is 5.42. The lowest BCUT2D eigenvalue weighted by Crippen LogP contribution is -2.45. The van der Waals surface area contributed by atoms with Crippen LogP contribution >= 0.6 is 11.6 Å². The number of halogens is 1. The molecule has 0 bridgehead atoms. The van der Waals surface area contributed by atoms with E-state index in [0.29, 0.717) is 30.2 Å². The van der Waals surface area contributed by atoms with E-state index in [0.717, 1.165) is 11.1 Å². The molecule has 1 heterocycles. The number of amides is 1. The number of benzene rings is 2. The zero-order chi connectivity index (χ0) is 21.9. The largest absolute Gasteiger partial charge is 0.495 e. The van der Waals surface area contributed by atoms with Gasteiger partial charge in [-0.3, -0.25) is 4.79 Å². The number of sulfonamides is 1. The van der Waals surface area contributed by atoms with Gasteiger partial charge in [0.25, 0.3) is 0 Å². The first-order valence-electron chi connectivity index (χ1n) is 9.93. The van der Waals surface area contributed by atoms with E-state index < -0.39 is 15.9 Å². The average Bonchev–Trinajstić information content (AvgIpc) is 2.74. The monoisotopic (exact) mass is 450 g/mol. The Hall–Kier alpha value is -2.09. The van der Waals surface area contributed by atoms with E-state index in [2.05, 4.69) is 5.32 Å². The molecule has 1 saturated heterocycles. The van der Waals surface area contributed by atoms with Gasteiger partial charge in [0.05, 0.1) is 19.1 Å². The molecule has 0 saturated carbocycles. The number of rotatable bonds is 6. The van der Waals surface area contributed by atoms with Crippen molar-refractivity contribution in [3.63, 3.8) is 0 Å². The van der Waals surface area contributed by atoms with Gasteiger partial charge < -0.3 is 10.1 Å². The van der Waals surface area contributed by atoms with E-state index in [4.69, 9.17) is 16.3 Å². The molecule has 1 amide bonds. The van der Waals surface area contributed by atoms with Crippen molar-refractivity contribution in [1.82, 2.24) is 9.62 Å². The Morgan fingerprint density at radius 2 is 1.93 bits per heavy atom. The first kappa shape index (κ1) is 22.6. The minimum atomic E-state index is -3.77. The van der Waals surface area contributed by atoms with Gasteiger partial charge in [-0.1, -0.05) is 29.8 Å². The molecule has 1 N–H and O–H groups in total. The number of piperidine rings is 1. The van der Waals surface area contributed by atoms with E-state index in [-0.39, 0.29) is 23.4 Å². The fourth-order valence-electron chi connectivity index (χ4n) is 3.67. The lowest BCUT2D eigenvalue weighted by atomic mass is 9.98. The van der Waals surface area contributed by atoms with Crippen LogP contribution in [0.3, 0.4) is 0 Å². The molecule has 162 valence electrons. The van der Waals surface area contributed by atoms with Gasteiger partial charge in [0, 0.05) is 18.1 Å². The lowest BCUT2D eigenvalue weighted by molar-refractivity contribution is -0.126. The minimum Gasteiger partial charge on any atom is -0.495 e. The van der Waals surface area contributed by atoms with Crippen molar-refractivity contribution in [3.05, 3.63) is 58.6 Å². The fraction of sp³-hybridized carbons (Fsp3) is 0.409. The molecular formula is C22H27ClN2O4S. The maximum Gasteiger partial charge on any atom is 0.246 e. The maximum atomic E-state index is 13.3. The smallest absolute Gasteiger partial charge is 0.246 e. The molecule has 1 aliphatic rings. The summed E-state index contributed by atoms with van der Waals surface area (Å²) in [5.41, 5.74) is 1.77. The number of hydrogen-bond acceptors (Lipinski definition) is 4. The third kappa shape index (κ3) is 4.96. The van der Waals surface area contributed by atoms with Crippen molar-refractivity contribution in [1.29, 1.82) is 0 Å². The standard InChI is InChI=1S/C22H27ClN2O4S/c1-15-6-11-20(29-3)21(13-15)30(27,28)25-12-4-5-18(14-25)22(26)24-16(2)17-7-9-19(23)10-8-17/h6-11,13,16,18H,4-5,12,14H2,1-3H3,(H,24,26)/t16-,18+/m0/s1. The van der Waals surface area contributed by atoms with Crippen molar-refractivity contribution in [2.45, 2.75) is 37.6 Å². The van der Waals surface area contributed by atoms with E-state index in [1.807, 2.05) is 32.0 Å². The zero-order valence-corrected chi connectivity index (χ0v) is 19.0. The summed E-state index contributed by atoms with van der Waals surface area (Å²) in [6.45, 7) is 4.27. The Balaban J connectivity index is 1.73. The topological polar surface area (TPSA) is 75.7 Å². The summed E-state index contributed by atoms with van der Waals surface area (Å²) in [6.07, 6.45) is 1.27. The molecular weight excluding hydrogens is 424 g/mol. The highest BCUT2D eigenvalue weighted by molar-refractivity contribution is 7.89. The number of hydrogen-bond donors (Lipinski definition) is 1. The van der Waals surface area contributed by atoms with Crippen LogP contribution in [0.25, 0.3) is 0 Å². The Morgan fingerprint density at radius 3 is 2.60 bits per heavy atom. The van der Waals surface area contributed by atoms with Gasteiger partial charge in [-0.05, 0) is 62.1 Å². The first-order chi connectivity index (χ1) is 14.2. The summed E-state index contributed by atoms with van der Waals surface area (Å²) in [5, 5.41) is 3.64. The number of aryl methyl sites for hydroxylation is 1.